The number of nitrogens with two attached hydrogens (primary N) is 1. The van der Waals surface area contributed by atoms with Crippen LogP contribution in [-0.4, -0.2) is 23.6 Å². The first-order valence-electron chi connectivity index (χ1n) is 7.51. The molecule has 132 valence electrons. The number of anilines is 1. The largest absolute Gasteiger partial charge is 0.366 e. The molecule has 1 aliphatic heterocycles. The summed E-state index contributed by atoms with van der Waals surface area (Å²) in [6.45, 7) is 1.67. The second kappa shape index (κ2) is 7.23. The predicted molar refractivity (Wildman–Crippen MR) is 100 cm³/mol. The molecular formula is C17H13Cl2N5O2. The number of azo groups is 1. The van der Waals surface area contributed by atoms with Crippen molar-refractivity contribution in [1.82, 2.24) is 0 Å². The minimum absolute atomic E-state index is 0.305. The third-order valence-corrected chi connectivity index (χ3v) is 4.04. The van der Waals surface area contributed by atoms with Gasteiger partial charge in [-0.15, -0.1) is 0 Å². The predicted octanol–water partition coefficient (Wildman–Crippen LogP) is 3.97. The fraction of sp³-hybridized carbons (Fsp3) is 0.118. The zero-order valence-corrected chi connectivity index (χ0v) is 15.1. The molecule has 0 spiro atoms. The van der Waals surface area contributed by atoms with Crippen LogP contribution in [0.15, 0.2) is 57.8 Å². The molecule has 0 bridgehead atoms. The second-order valence-corrected chi connectivity index (χ2v) is 6.42. The van der Waals surface area contributed by atoms with E-state index in [0.29, 0.717) is 32.7 Å². The van der Waals surface area contributed by atoms with Gasteiger partial charge in [-0.3, -0.25) is 9.59 Å². The molecule has 0 fully saturated rings. The Morgan fingerprint density at radius 1 is 1.19 bits per heavy atom. The Morgan fingerprint density at radius 2 is 1.88 bits per heavy atom. The monoisotopic (exact) mass is 389 g/mol. The molecule has 9 heteroatoms. The summed E-state index contributed by atoms with van der Waals surface area (Å²) in [5.41, 5.74) is 6.87. The van der Waals surface area contributed by atoms with Gasteiger partial charge in [0.15, 0.2) is 6.04 Å². The van der Waals surface area contributed by atoms with Gasteiger partial charge in [0.25, 0.3) is 5.91 Å². The molecular weight excluding hydrogens is 377 g/mol. The molecule has 0 saturated carbocycles. The van der Waals surface area contributed by atoms with Crippen LogP contribution in [0, 0.1) is 0 Å². The lowest BCUT2D eigenvalue weighted by atomic mass is 10.2. The average molecular weight is 390 g/mol. The Hall–Kier alpha value is -2.77. The van der Waals surface area contributed by atoms with E-state index in [9.17, 15) is 9.59 Å². The topological polar surface area (TPSA) is 100 Å². The third kappa shape index (κ3) is 3.74. The van der Waals surface area contributed by atoms with Gasteiger partial charge in [0.2, 0.25) is 5.91 Å². The Balaban J connectivity index is 1.84. The van der Waals surface area contributed by atoms with Gasteiger partial charge in [-0.2, -0.15) is 20.3 Å². The molecule has 2 amide bonds. The fourth-order valence-electron chi connectivity index (χ4n) is 2.38. The number of carbonyl (C=O) groups is 2. The second-order valence-electron chi connectivity index (χ2n) is 5.55. The maximum Gasteiger partial charge on any atom is 0.280 e. The highest BCUT2D eigenvalue weighted by molar-refractivity contribution is 6.35. The molecule has 26 heavy (non-hydrogen) atoms. The van der Waals surface area contributed by atoms with Gasteiger partial charge in [-0.05, 0) is 43.3 Å². The van der Waals surface area contributed by atoms with E-state index in [1.165, 1.54) is 11.1 Å². The Kier molecular flexibility index (Phi) is 5.01. The average Bonchev–Trinajstić information content (AvgIpc) is 2.86. The van der Waals surface area contributed by atoms with Crippen LogP contribution < -0.4 is 10.7 Å². The van der Waals surface area contributed by atoms with Gasteiger partial charge in [0, 0.05) is 15.6 Å². The van der Waals surface area contributed by atoms with Crippen molar-refractivity contribution < 1.29 is 9.59 Å². The number of nitrogens with zero attached hydrogens (tertiary/aromatic N) is 4. The first-order valence-corrected chi connectivity index (χ1v) is 8.26. The SMILES string of the molecule is CC1=NN(c2cc(Cl)cc(Cl)c2)C(=O)C1N=Nc1cccc(C(N)=O)c1. The number of amides is 2. The fourth-order valence-corrected chi connectivity index (χ4v) is 2.90. The summed E-state index contributed by atoms with van der Waals surface area (Å²) >= 11 is 12.0. The summed E-state index contributed by atoms with van der Waals surface area (Å²) in [7, 11) is 0. The first kappa shape index (κ1) is 18.0. The van der Waals surface area contributed by atoms with Crippen LogP contribution in [0.1, 0.15) is 17.3 Å². The molecule has 3 rings (SSSR count). The van der Waals surface area contributed by atoms with Crippen molar-refractivity contribution >= 4 is 52.1 Å². The Morgan fingerprint density at radius 3 is 2.54 bits per heavy atom. The number of hydrogen-bond acceptors (Lipinski definition) is 5. The van der Waals surface area contributed by atoms with Crippen molar-refractivity contribution in [3.05, 3.63) is 58.1 Å². The normalized spacial score (nSPS) is 17.0. The van der Waals surface area contributed by atoms with Crippen molar-refractivity contribution in [1.29, 1.82) is 0 Å². The van der Waals surface area contributed by atoms with Crippen LogP contribution in [-0.2, 0) is 4.79 Å². The van der Waals surface area contributed by atoms with E-state index in [-0.39, 0.29) is 5.91 Å². The Bertz CT molecular complexity index is 938. The van der Waals surface area contributed by atoms with Crippen molar-refractivity contribution in [2.45, 2.75) is 13.0 Å². The van der Waals surface area contributed by atoms with Crippen LogP contribution in [0.5, 0.6) is 0 Å². The lowest BCUT2D eigenvalue weighted by molar-refractivity contribution is -0.117. The van der Waals surface area contributed by atoms with E-state index in [4.69, 9.17) is 28.9 Å². The third-order valence-electron chi connectivity index (χ3n) is 3.61. The van der Waals surface area contributed by atoms with Gasteiger partial charge in [-0.1, -0.05) is 29.3 Å². The van der Waals surface area contributed by atoms with Crippen LogP contribution in [0.2, 0.25) is 10.0 Å². The number of halogens is 2. The van der Waals surface area contributed by atoms with Crippen LogP contribution in [0.3, 0.4) is 0 Å². The molecule has 1 heterocycles. The zero-order valence-electron chi connectivity index (χ0n) is 13.6. The van der Waals surface area contributed by atoms with E-state index in [1.807, 2.05) is 0 Å². The molecule has 1 unspecified atom stereocenters. The summed E-state index contributed by atoms with van der Waals surface area (Å²) in [4.78, 5) is 23.9. The Labute approximate surface area is 159 Å². The van der Waals surface area contributed by atoms with E-state index in [0.717, 1.165) is 0 Å². The molecule has 7 nitrogen and oxygen atoms in total. The van der Waals surface area contributed by atoms with E-state index in [2.05, 4.69) is 15.3 Å². The molecule has 2 aromatic carbocycles. The summed E-state index contributed by atoms with van der Waals surface area (Å²) < 4.78 is 0. The molecule has 0 aliphatic carbocycles. The number of benzene rings is 2. The van der Waals surface area contributed by atoms with Gasteiger partial charge >= 0.3 is 0 Å². The lowest BCUT2D eigenvalue weighted by Gasteiger charge is -2.13. The molecule has 0 aromatic heterocycles. The summed E-state index contributed by atoms with van der Waals surface area (Å²) in [6.07, 6.45) is 0. The van der Waals surface area contributed by atoms with Gasteiger partial charge in [0.05, 0.1) is 17.1 Å². The van der Waals surface area contributed by atoms with E-state index < -0.39 is 11.9 Å². The number of hydrazone groups is 1. The molecule has 0 radical (unpaired) electrons. The smallest absolute Gasteiger partial charge is 0.280 e. The zero-order chi connectivity index (χ0) is 18.8. The molecule has 1 aliphatic rings. The van der Waals surface area contributed by atoms with Gasteiger partial charge in [0.1, 0.15) is 0 Å². The number of primary amides is 1. The van der Waals surface area contributed by atoms with Crippen LogP contribution in [0.25, 0.3) is 0 Å². The highest BCUT2D eigenvalue weighted by Crippen LogP contribution is 2.29. The molecule has 0 saturated heterocycles. The summed E-state index contributed by atoms with van der Waals surface area (Å²) in [6, 6.07) is 10.2. The number of rotatable bonds is 4. The van der Waals surface area contributed by atoms with Gasteiger partial charge < -0.3 is 5.73 Å². The van der Waals surface area contributed by atoms with Crippen molar-refractivity contribution in [2.75, 3.05) is 5.01 Å². The maximum absolute atomic E-state index is 12.6. The summed E-state index contributed by atoms with van der Waals surface area (Å²) in [5, 5.41) is 14.3. The number of hydrogen-bond donors (Lipinski definition) is 1. The maximum atomic E-state index is 12.6. The van der Waals surface area contributed by atoms with Crippen LogP contribution >= 0.6 is 23.2 Å². The highest BCUT2D eigenvalue weighted by Gasteiger charge is 2.35. The minimum atomic E-state index is -0.870. The van der Waals surface area contributed by atoms with E-state index >= 15 is 0 Å². The van der Waals surface area contributed by atoms with E-state index in [1.54, 1.807) is 43.3 Å². The molecule has 1 atom stereocenters. The quantitative estimate of drug-likeness (QED) is 0.799. The van der Waals surface area contributed by atoms with Gasteiger partial charge in [-0.25, -0.2) is 0 Å². The first-order chi connectivity index (χ1) is 12.3. The minimum Gasteiger partial charge on any atom is -0.366 e. The lowest BCUT2D eigenvalue weighted by Crippen LogP contribution is -2.29. The van der Waals surface area contributed by atoms with Crippen LogP contribution in [0.4, 0.5) is 11.4 Å². The highest BCUT2D eigenvalue weighted by atomic mass is 35.5. The molecule has 2 N–H and O–H groups in total. The van der Waals surface area contributed by atoms with Crippen molar-refractivity contribution in [3.63, 3.8) is 0 Å². The van der Waals surface area contributed by atoms with Crippen molar-refractivity contribution in [2.24, 2.45) is 21.1 Å². The molecule has 2 aromatic rings. The van der Waals surface area contributed by atoms with Crippen molar-refractivity contribution in [3.8, 4) is 0 Å². The summed E-state index contributed by atoms with van der Waals surface area (Å²) in [5.74, 6) is -0.948. The standard InChI is InChI=1S/C17H13Cl2N5O2/c1-9-15(22-21-13-4-2-3-10(5-13)16(20)25)17(26)24(23-9)14-7-11(18)6-12(19)8-14/h2-8,15H,1H3,(H2,20,25). The number of carbonyl (C=O) groups excluding carboxylic acids is 2.